The van der Waals surface area contributed by atoms with Crippen LogP contribution >= 0.6 is 0 Å². The number of allylic oxidation sites excluding steroid dienone is 1. The molecule has 0 aliphatic carbocycles. The monoisotopic (exact) mass is 313 g/mol. The molecule has 1 aliphatic heterocycles. The summed E-state index contributed by atoms with van der Waals surface area (Å²) in [7, 11) is -1.33. The SMILES string of the molecule is C[Si](C)(C)C/C=C1\CN(C(=O)C(F)(F)F)c2ccccc21. The third-order valence-electron chi connectivity index (χ3n) is 3.32. The minimum atomic E-state index is -4.85. The van der Waals surface area contributed by atoms with Gasteiger partial charge in [-0.25, -0.2) is 0 Å². The van der Waals surface area contributed by atoms with Crippen LogP contribution in [0, 0.1) is 0 Å². The van der Waals surface area contributed by atoms with E-state index in [4.69, 9.17) is 0 Å². The maximum atomic E-state index is 12.7. The molecule has 114 valence electrons. The van der Waals surface area contributed by atoms with E-state index in [9.17, 15) is 18.0 Å². The van der Waals surface area contributed by atoms with Crippen LogP contribution in [-0.4, -0.2) is 26.7 Å². The van der Waals surface area contributed by atoms with Crippen LogP contribution in [0.5, 0.6) is 0 Å². The predicted octanol–water partition coefficient (Wildman–Crippen LogP) is 4.32. The largest absolute Gasteiger partial charge is 0.471 e. The number of anilines is 1. The second-order valence-corrected chi connectivity index (χ2v) is 11.9. The molecule has 0 saturated heterocycles. The topological polar surface area (TPSA) is 20.3 Å². The Labute approximate surface area is 123 Å². The minimum Gasteiger partial charge on any atom is -0.300 e. The molecule has 1 aliphatic rings. The van der Waals surface area contributed by atoms with E-state index in [0.717, 1.165) is 22.1 Å². The summed E-state index contributed by atoms with van der Waals surface area (Å²) in [5.74, 6) is -1.80. The summed E-state index contributed by atoms with van der Waals surface area (Å²) in [6.07, 6.45) is -2.85. The summed E-state index contributed by atoms with van der Waals surface area (Å²) in [4.78, 5) is 12.4. The molecule has 0 bridgehead atoms. The summed E-state index contributed by atoms with van der Waals surface area (Å²) in [5, 5.41) is 0. The van der Waals surface area contributed by atoms with E-state index in [0.29, 0.717) is 5.69 Å². The summed E-state index contributed by atoms with van der Waals surface area (Å²) < 4.78 is 38.1. The van der Waals surface area contributed by atoms with Gasteiger partial charge >= 0.3 is 12.1 Å². The average molecular weight is 313 g/mol. The molecule has 0 aromatic heterocycles. The Morgan fingerprint density at radius 1 is 1.29 bits per heavy atom. The molecule has 1 aromatic carbocycles. The van der Waals surface area contributed by atoms with Gasteiger partial charge in [0.1, 0.15) is 0 Å². The van der Waals surface area contributed by atoms with E-state index < -0.39 is 20.2 Å². The molecule has 0 unspecified atom stereocenters. The Kier molecular flexibility index (Phi) is 4.01. The number of fused-ring (bicyclic) bond motifs is 1. The van der Waals surface area contributed by atoms with E-state index in [-0.39, 0.29) is 6.54 Å². The van der Waals surface area contributed by atoms with Crippen LogP contribution in [0.2, 0.25) is 25.7 Å². The molecule has 0 N–H and O–H groups in total. The predicted molar refractivity (Wildman–Crippen MR) is 81.0 cm³/mol. The van der Waals surface area contributed by atoms with Crippen molar-refractivity contribution in [1.82, 2.24) is 0 Å². The summed E-state index contributed by atoms with van der Waals surface area (Å²) in [5.41, 5.74) is 1.89. The Morgan fingerprint density at radius 2 is 1.90 bits per heavy atom. The lowest BCUT2D eigenvalue weighted by molar-refractivity contribution is -0.170. The highest BCUT2D eigenvalue weighted by molar-refractivity contribution is 6.76. The number of carbonyl (C=O) groups excluding carboxylic acids is 1. The highest BCUT2D eigenvalue weighted by Crippen LogP contribution is 2.38. The number of rotatable bonds is 2. The van der Waals surface area contributed by atoms with Crippen molar-refractivity contribution in [3.05, 3.63) is 35.9 Å². The maximum Gasteiger partial charge on any atom is 0.471 e. The van der Waals surface area contributed by atoms with Gasteiger partial charge in [0.2, 0.25) is 0 Å². The summed E-state index contributed by atoms with van der Waals surface area (Å²) >= 11 is 0. The van der Waals surface area contributed by atoms with Crippen molar-refractivity contribution in [3.8, 4) is 0 Å². The Morgan fingerprint density at radius 3 is 2.48 bits per heavy atom. The van der Waals surface area contributed by atoms with Crippen molar-refractivity contribution in [2.24, 2.45) is 0 Å². The fraction of sp³-hybridized carbons (Fsp3) is 0.400. The van der Waals surface area contributed by atoms with Gasteiger partial charge in [0, 0.05) is 13.6 Å². The number of carbonyl (C=O) groups is 1. The van der Waals surface area contributed by atoms with Gasteiger partial charge < -0.3 is 0 Å². The van der Waals surface area contributed by atoms with Crippen LogP contribution in [0.3, 0.4) is 0 Å². The van der Waals surface area contributed by atoms with Gasteiger partial charge in [0.25, 0.3) is 0 Å². The van der Waals surface area contributed by atoms with Crippen molar-refractivity contribution < 1.29 is 18.0 Å². The highest BCUT2D eigenvalue weighted by Gasteiger charge is 2.45. The molecule has 1 heterocycles. The zero-order valence-corrected chi connectivity index (χ0v) is 13.3. The van der Waals surface area contributed by atoms with Gasteiger partial charge in [-0.2, -0.15) is 13.2 Å². The van der Waals surface area contributed by atoms with Crippen LogP contribution in [-0.2, 0) is 4.79 Å². The molecule has 2 nitrogen and oxygen atoms in total. The van der Waals surface area contributed by atoms with Gasteiger partial charge in [-0.05, 0) is 17.7 Å². The van der Waals surface area contributed by atoms with Crippen molar-refractivity contribution >= 4 is 25.2 Å². The van der Waals surface area contributed by atoms with Gasteiger partial charge in [0.15, 0.2) is 0 Å². The van der Waals surface area contributed by atoms with E-state index >= 15 is 0 Å². The van der Waals surface area contributed by atoms with Crippen LogP contribution in [0.1, 0.15) is 5.56 Å². The first kappa shape index (κ1) is 15.8. The molecular formula is C15H18F3NOSi. The number of amides is 1. The summed E-state index contributed by atoms with van der Waals surface area (Å²) in [6, 6.07) is 7.65. The zero-order valence-electron chi connectivity index (χ0n) is 12.3. The molecule has 0 radical (unpaired) electrons. The van der Waals surface area contributed by atoms with E-state index in [1.807, 2.05) is 6.08 Å². The van der Waals surface area contributed by atoms with E-state index in [1.165, 1.54) is 0 Å². The molecule has 0 fully saturated rings. The molecule has 0 spiro atoms. The lowest BCUT2D eigenvalue weighted by Gasteiger charge is -2.18. The highest BCUT2D eigenvalue weighted by atomic mass is 28.3. The average Bonchev–Trinajstić information content (AvgIpc) is 2.72. The number of benzene rings is 1. The first-order valence-electron chi connectivity index (χ1n) is 6.77. The lowest BCUT2D eigenvalue weighted by Crippen LogP contribution is -2.40. The molecular weight excluding hydrogens is 295 g/mol. The number of alkyl halides is 3. The second-order valence-electron chi connectivity index (χ2n) is 6.40. The van der Waals surface area contributed by atoms with Crippen LogP contribution in [0.4, 0.5) is 18.9 Å². The number of para-hydroxylation sites is 1. The number of nitrogens with zero attached hydrogens (tertiary/aromatic N) is 1. The first-order valence-corrected chi connectivity index (χ1v) is 10.5. The Balaban J connectivity index is 2.36. The molecule has 1 aromatic rings. The van der Waals surface area contributed by atoms with Crippen LogP contribution < -0.4 is 4.90 Å². The normalized spacial score (nSPS) is 17.2. The fourth-order valence-corrected chi connectivity index (χ4v) is 3.12. The quantitative estimate of drug-likeness (QED) is 0.745. The van der Waals surface area contributed by atoms with Gasteiger partial charge in [0.05, 0.1) is 12.2 Å². The number of hydrogen-bond acceptors (Lipinski definition) is 1. The second kappa shape index (κ2) is 5.33. The van der Waals surface area contributed by atoms with Crippen molar-refractivity contribution in [2.45, 2.75) is 31.9 Å². The lowest BCUT2D eigenvalue weighted by atomic mass is 10.1. The van der Waals surface area contributed by atoms with Gasteiger partial charge in [-0.15, -0.1) is 0 Å². The van der Waals surface area contributed by atoms with Gasteiger partial charge in [-0.1, -0.05) is 43.9 Å². The Hall–Kier alpha value is -1.56. The smallest absolute Gasteiger partial charge is 0.300 e. The van der Waals surface area contributed by atoms with E-state index in [2.05, 4.69) is 19.6 Å². The minimum absolute atomic E-state index is 0.00215. The van der Waals surface area contributed by atoms with Crippen LogP contribution in [0.25, 0.3) is 5.57 Å². The third kappa shape index (κ3) is 3.55. The summed E-state index contributed by atoms with van der Waals surface area (Å²) in [6.45, 7) is 6.60. The standard InChI is InChI=1S/C15H18F3NOSi/c1-21(2,3)9-8-11-10-19(14(20)15(16,17)18)13-7-5-4-6-12(11)13/h4-8H,9-10H2,1-3H3/b11-8+. The molecule has 0 saturated carbocycles. The zero-order chi connectivity index (χ0) is 15.8. The number of hydrogen-bond donors (Lipinski definition) is 0. The third-order valence-corrected chi connectivity index (χ3v) is 4.75. The van der Waals surface area contributed by atoms with Crippen molar-refractivity contribution in [3.63, 3.8) is 0 Å². The Bertz CT molecular complexity index is 587. The fourth-order valence-electron chi connectivity index (χ4n) is 2.26. The maximum absolute atomic E-state index is 12.7. The first-order chi connectivity index (χ1) is 9.59. The van der Waals surface area contributed by atoms with Gasteiger partial charge in [-0.3, -0.25) is 9.69 Å². The molecule has 0 atom stereocenters. The van der Waals surface area contributed by atoms with Crippen LogP contribution in [0.15, 0.2) is 30.3 Å². The van der Waals surface area contributed by atoms with E-state index in [1.54, 1.807) is 24.3 Å². The molecule has 2 rings (SSSR count). The molecule has 1 amide bonds. The van der Waals surface area contributed by atoms with Crippen molar-refractivity contribution in [1.29, 1.82) is 0 Å². The molecule has 21 heavy (non-hydrogen) atoms. The van der Waals surface area contributed by atoms with Crippen molar-refractivity contribution in [2.75, 3.05) is 11.4 Å². The number of halogens is 3. The molecule has 6 heteroatoms.